The fourth-order valence-corrected chi connectivity index (χ4v) is 2.99. The zero-order valence-electron chi connectivity index (χ0n) is 17.4. The molecule has 4 rings (SSSR count). The molecule has 0 amide bonds. The Hall–Kier alpha value is -4.20. The Labute approximate surface area is 186 Å². The Morgan fingerprint density at radius 2 is 1.31 bits per heavy atom. The molecule has 0 aromatic heterocycles. The lowest BCUT2D eigenvalue weighted by molar-refractivity contribution is 0.124. The molecule has 0 saturated heterocycles. The molecule has 0 radical (unpaired) electrons. The van der Waals surface area contributed by atoms with Gasteiger partial charge < -0.3 is 33.9 Å². The van der Waals surface area contributed by atoms with Crippen molar-refractivity contribution in [1.82, 2.24) is 4.90 Å². The number of benzene rings is 3. The molecule has 3 aromatic rings. The quantitative estimate of drug-likeness (QED) is 0.559. The highest BCUT2D eigenvalue weighted by Gasteiger charge is 2.29. The van der Waals surface area contributed by atoms with Crippen molar-refractivity contribution in [2.24, 2.45) is 0 Å². The molecule has 0 saturated carbocycles. The second kappa shape index (κ2) is 9.74. The van der Waals surface area contributed by atoms with E-state index in [9.17, 15) is 10.2 Å². The predicted molar refractivity (Wildman–Crippen MR) is 120 cm³/mol. The van der Waals surface area contributed by atoms with Gasteiger partial charge in [-0.1, -0.05) is 42.5 Å². The Bertz CT molecular complexity index is 1060. The first-order chi connectivity index (χ1) is 15.5. The molecule has 0 unspecified atom stereocenters. The molecule has 0 fully saturated rings. The summed E-state index contributed by atoms with van der Waals surface area (Å²) in [6.07, 6.45) is 2.64. The molecule has 1 heterocycles. The van der Waals surface area contributed by atoms with E-state index in [4.69, 9.17) is 18.8 Å². The second-order valence-corrected chi connectivity index (χ2v) is 7.08. The number of ether oxygens (including phenoxy) is 2. The van der Waals surface area contributed by atoms with Gasteiger partial charge in [0, 0.05) is 12.5 Å². The molecule has 0 aliphatic carbocycles. The third-order valence-electron chi connectivity index (χ3n) is 4.54. The third-order valence-corrected chi connectivity index (χ3v) is 4.54. The average molecular weight is 431 g/mol. The highest BCUT2D eigenvalue weighted by Crippen LogP contribution is 2.22. The molecule has 1 aliphatic heterocycles. The number of para-hydroxylation sites is 1. The van der Waals surface area contributed by atoms with Gasteiger partial charge in [-0.2, -0.15) is 0 Å². The van der Waals surface area contributed by atoms with Crippen molar-refractivity contribution < 1.29 is 29.0 Å². The van der Waals surface area contributed by atoms with Crippen LogP contribution in [-0.4, -0.2) is 29.3 Å². The van der Waals surface area contributed by atoms with Crippen LogP contribution in [0.2, 0.25) is 0 Å². The number of rotatable bonds is 6. The molecule has 7 nitrogen and oxygen atoms in total. The van der Waals surface area contributed by atoms with E-state index in [2.05, 4.69) is 0 Å². The largest absolute Gasteiger partial charge is 0.636 e. The van der Waals surface area contributed by atoms with E-state index in [0.29, 0.717) is 17.8 Å². The second-order valence-electron chi connectivity index (χ2n) is 7.08. The maximum absolute atomic E-state index is 9.84. The highest BCUT2D eigenvalue weighted by atomic mass is 16.7. The molecule has 162 valence electrons. The first kappa shape index (κ1) is 21.1. The van der Waals surface area contributed by atoms with Crippen molar-refractivity contribution in [1.29, 1.82) is 0 Å². The van der Waals surface area contributed by atoms with Crippen molar-refractivity contribution in [3.63, 3.8) is 0 Å². The summed E-state index contributed by atoms with van der Waals surface area (Å²) in [7, 11) is 0.623. The van der Waals surface area contributed by atoms with Gasteiger partial charge in [0.25, 0.3) is 11.9 Å². The summed E-state index contributed by atoms with van der Waals surface area (Å²) in [6.45, 7) is 0.390. The minimum absolute atomic E-state index is 0.332. The van der Waals surface area contributed by atoms with Crippen molar-refractivity contribution in [2.75, 3.05) is 7.05 Å². The lowest BCUT2D eigenvalue weighted by atomic mass is 9.79. The van der Waals surface area contributed by atoms with E-state index in [1.807, 2.05) is 54.6 Å². The van der Waals surface area contributed by atoms with Crippen LogP contribution in [0.15, 0.2) is 103 Å². The normalized spacial score (nSPS) is 15.3. The summed E-state index contributed by atoms with van der Waals surface area (Å²) in [5, 5.41) is 19.7. The number of aliphatic hydroxyl groups excluding tert-OH is 2. The van der Waals surface area contributed by atoms with Crippen LogP contribution in [0.25, 0.3) is 0 Å². The van der Waals surface area contributed by atoms with Crippen molar-refractivity contribution >= 4 is 12.6 Å². The first-order valence-corrected chi connectivity index (χ1v) is 9.96. The topological polar surface area (TPSA) is 80.6 Å². The number of aliphatic hydroxyl groups is 2. The van der Waals surface area contributed by atoms with E-state index in [1.165, 1.54) is 17.3 Å². The summed E-state index contributed by atoms with van der Waals surface area (Å²) < 4.78 is 22.3. The van der Waals surface area contributed by atoms with E-state index in [-0.39, 0.29) is 11.9 Å². The van der Waals surface area contributed by atoms with Gasteiger partial charge in [-0.05, 0) is 42.0 Å². The minimum atomic E-state index is -0.998. The summed E-state index contributed by atoms with van der Waals surface area (Å²) in [6, 6.07) is 24.3. The van der Waals surface area contributed by atoms with Crippen LogP contribution in [-0.2, 0) is 15.9 Å². The standard InChI is InChI=1S/C24H22BNO6/c1-26-15-23(27)31-25(32-24(28)16-26)19-9-13-20(14-10-19)29-17-18-7-11-22(12-8-18)30-21-5-3-2-4-6-21/h2-16,27-28H,17H2,1H3/b23-15-,24-16?. The van der Waals surface area contributed by atoms with E-state index >= 15 is 0 Å². The number of hydrogen-bond donors (Lipinski definition) is 2. The fourth-order valence-electron chi connectivity index (χ4n) is 2.99. The number of hydrogen-bond acceptors (Lipinski definition) is 7. The maximum atomic E-state index is 9.84. The lowest BCUT2D eigenvalue weighted by Crippen LogP contribution is -2.37. The maximum Gasteiger partial charge on any atom is 0.636 e. The Morgan fingerprint density at radius 1 is 0.750 bits per heavy atom. The summed E-state index contributed by atoms with van der Waals surface area (Å²) in [5.74, 6) is 1.53. The van der Waals surface area contributed by atoms with Crippen LogP contribution in [0.1, 0.15) is 5.56 Å². The van der Waals surface area contributed by atoms with Gasteiger partial charge in [-0.3, -0.25) is 0 Å². The van der Waals surface area contributed by atoms with Crippen molar-refractivity contribution in [2.45, 2.75) is 6.61 Å². The molecular weight excluding hydrogens is 409 g/mol. The zero-order chi connectivity index (χ0) is 22.3. The van der Waals surface area contributed by atoms with Crippen LogP contribution < -0.4 is 14.9 Å². The van der Waals surface area contributed by atoms with Crippen molar-refractivity contribution in [3.05, 3.63) is 109 Å². The van der Waals surface area contributed by atoms with Gasteiger partial charge in [0.05, 0.1) is 12.4 Å². The predicted octanol–water partition coefficient (Wildman–Crippen LogP) is 4.45. The first-order valence-electron chi connectivity index (χ1n) is 9.96. The molecule has 3 aromatic carbocycles. The van der Waals surface area contributed by atoms with E-state index < -0.39 is 7.12 Å². The Balaban J connectivity index is 1.34. The molecule has 0 spiro atoms. The molecule has 32 heavy (non-hydrogen) atoms. The number of nitrogens with zero attached hydrogens (tertiary/aromatic N) is 1. The molecule has 0 atom stereocenters. The van der Waals surface area contributed by atoms with Gasteiger partial charge in [0.15, 0.2) is 0 Å². The van der Waals surface area contributed by atoms with Gasteiger partial charge in [0.1, 0.15) is 23.9 Å². The Morgan fingerprint density at radius 3 is 1.94 bits per heavy atom. The fraction of sp³-hybridized carbons (Fsp3) is 0.0833. The Kier molecular flexibility index (Phi) is 6.41. The van der Waals surface area contributed by atoms with Crippen LogP contribution >= 0.6 is 0 Å². The van der Waals surface area contributed by atoms with Crippen LogP contribution in [0, 0.1) is 0 Å². The molecule has 1 aliphatic rings. The molecular formula is C24H22BNO6. The van der Waals surface area contributed by atoms with Crippen LogP contribution in [0.4, 0.5) is 0 Å². The molecule has 2 N–H and O–H groups in total. The van der Waals surface area contributed by atoms with Crippen molar-refractivity contribution in [3.8, 4) is 17.2 Å². The van der Waals surface area contributed by atoms with E-state index in [1.54, 1.807) is 31.3 Å². The van der Waals surface area contributed by atoms with Crippen LogP contribution in [0.3, 0.4) is 0 Å². The van der Waals surface area contributed by atoms with Gasteiger partial charge in [-0.15, -0.1) is 0 Å². The lowest BCUT2D eigenvalue weighted by Gasteiger charge is -2.20. The summed E-state index contributed by atoms with van der Waals surface area (Å²) in [5.41, 5.74) is 1.60. The zero-order valence-corrected chi connectivity index (χ0v) is 17.4. The smallest absolute Gasteiger partial charge is 0.494 e. The van der Waals surface area contributed by atoms with E-state index in [0.717, 1.165) is 17.1 Å². The summed E-state index contributed by atoms with van der Waals surface area (Å²) in [4.78, 5) is 1.41. The monoisotopic (exact) mass is 431 g/mol. The summed E-state index contributed by atoms with van der Waals surface area (Å²) >= 11 is 0. The van der Waals surface area contributed by atoms with Gasteiger partial charge in [0.2, 0.25) is 0 Å². The highest BCUT2D eigenvalue weighted by molar-refractivity contribution is 6.61. The average Bonchev–Trinajstić information content (AvgIpc) is 2.78. The van der Waals surface area contributed by atoms with Gasteiger partial charge in [-0.25, -0.2) is 0 Å². The SMILES string of the molecule is CN1C=C(O)OB(c2ccc(OCc3ccc(Oc4ccccc4)cc3)cc2)O/C(O)=C\1. The van der Waals surface area contributed by atoms with Crippen LogP contribution in [0.5, 0.6) is 17.2 Å². The van der Waals surface area contributed by atoms with Gasteiger partial charge >= 0.3 is 7.12 Å². The minimum Gasteiger partial charge on any atom is -0.494 e. The molecule has 8 heteroatoms. The third kappa shape index (κ3) is 5.69. The molecule has 0 bridgehead atoms.